The maximum Gasteiger partial charge on any atom is 0.0726 e. The molecule has 1 spiro atoms. The van der Waals surface area contributed by atoms with E-state index in [1.807, 2.05) is 11.3 Å². The molecule has 0 fully saturated rings. The van der Waals surface area contributed by atoms with Crippen LogP contribution in [0.25, 0.3) is 85.9 Å². The Morgan fingerprint density at radius 2 is 0.730 bits per heavy atom. The number of hydrogen-bond acceptors (Lipinski definition) is 2. The molecule has 2 heteroatoms. The highest BCUT2D eigenvalue weighted by molar-refractivity contribution is 7.25. The topological polar surface area (TPSA) is 3.24 Å². The minimum absolute atomic E-state index is 0.444. The third-order valence-corrected chi connectivity index (χ3v) is 15.2. The van der Waals surface area contributed by atoms with Gasteiger partial charge in [0.15, 0.2) is 0 Å². The molecule has 1 heterocycles. The molecule has 0 saturated heterocycles. The molecule has 0 saturated carbocycles. The second-order valence-corrected chi connectivity index (χ2v) is 18.2. The Kier molecular flexibility index (Phi) is 7.26. The highest BCUT2D eigenvalue weighted by atomic mass is 32.1. The summed E-state index contributed by atoms with van der Waals surface area (Å²) in [6.07, 6.45) is 0. The third-order valence-electron chi connectivity index (χ3n) is 14.0. The highest BCUT2D eigenvalue weighted by Gasteiger charge is 2.51. The summed E-state index contributed by atoms with van der Waals surface area (Å²) in [7, 11) is 0. The number of nitrogens with zero attached hydrogens (tertiary/aromatic N) is 1. The fourth-order valence-corrected chi connectivity index (χ4v) is 12.6. The number of anilines is 3. The summed E-state index contributed by atoms with van der Waals surface area (Å²) >= 11 is 1.87. The van der Waals surface area contributed by atoms with Crippen LogP contribution < -0.4 is 4.90 Å². The number of hydrogen-bond donors (Lipinski definition) is 0. The average Bonchev–Trinajstić information content (AvgIpc) is 3.98. The van der Waals surface area contributed by atoms with Crippen molar-refractivity contribution in [2.45, 2.75) is 5.41 Å². The van der Waals surface area contributed by atoms with E-state index in [1.54, 1.807) is 0 Å². The number of benzene rings is 11. The van der Waals surface area contributed by atoms with Crippen molar-refractivity contribution >= 4 is 80.9 Å². The van der Waals surface area contributed by atoms with Gasteiger partial charge in [-0.3, -0.25) is 0 Å². The van der Waals surface area contributed by atoms with Crippen LogP contribution in [-0.2, 0) is 5.41 Å². The fourth-order valence-electron chi connectivity index (χ4n) is 11.4. The first-order valence-corrected chi connectivity index (χ1v) is 22.6. The van der Waals surface area contributed by atoms with Gasteiger partial charge in [0.25, 0.3) is 0 Å². The SMILES string of the molecule is c1cc(-c2ccc3c(c2)sc2ccccc23)cc(N(c2ccc3c(c2)C2(c4ccccc4-c4ccccc42)c2ccccc2-3)c2ccc3c4ccccc4c4ccccc4c3c2)c1. The van der Waals surface area contributed by atoms with Gasteiger partial charge in [-0.25, -0.2) is 0 Å². The van der Waals surface area contributed by atoms with E-state index in [0.29, 0.717) is 0 Å². The second-order valence-electron chi connectivity index (χ2n) is 17.1. The molecular weight excluding hydrogens is 779 g/mol. The highest BCUT2D eigenvalue weighted by Crippen LogP contribution is 2.63. The summed E-state index contributed by atoms with van der Waals surface area (Å²) in [6, 6.07) is 84.2. The largest absolute Gasteiger partial charge is 0.310 e. The summed E-state index contributed by atoms with van der Waals surface area (Å²) in [6.45, 7) is 0. The van der Waals surface area contributed by atoms with Crippen molar-refractivity contribution in [1.82, 2.24) is 0 Å². The van der Waals surface area contributed by atoms with Crippen molar-refractivity contribution in [2.75, 3.05) is 4.90 Å². The minimum atomic E-state index is -0.444. The molecule has 1 nitrogen and oxygen atoms in total. The monoisotopic (exact) mass is 815 g/mol. The predicted molar refractivity (Wildman–Crippen MR) is 268 cm³/mol. The Morgan fingerprint density at radius 1 is 0.270 bits per heavy atom. The van der Waals surface area contributed by atoms with E-state index >= 15 is 0 Å². The molecule has 11 aromatic carbocycles. The Labute approximate surface area is 369 Å². The van der Waals surface area contributed by atoms with E-state index < -0.39 is 5.41 Å². The van der Waals surface area contributed by atoms with Crippen LogP contribution in [0, 0.1) is 0 Å². The van der Waals surface area contributed by atoms with E-state index in [-0.39, 0.29) is 0 Å². The molecule has 0 amide bonds. The predicted octanol–water partition coefficient (Wildman–Crippen LogP) is 17.0. The minimum Gasteiger partial charge on any atom is -0.310 e. The molecule has 12 aromatic rings. The van der Waals surface area contributed by atoms with Crippen molar-refractivity contribution < 1.29 is 0 Å². The molecule has 0 N–H and O–H groups in total. The molecule has 0 unspecified atom stereocenters. The molecule has 0 aliphatic heterocycles. The van der Waals surface area contributed by atoms with Gasteiger partial charge in [0, 0.05) is 37.2 Å². The van der Waals surface area contributed by atoms with Gasteiger partial charge in [-0.1, -0.05) is 176 Å². The van der Waals surface area contributed by atoms with Crippen molar-refractivity contribution in [1.29, 1.82) is 0 Å². The second kappa shape index (κ2) is 13.1. The zero-order valence-electron chi connectivity index (χ0n) is 34.2. The van der Waals surface area contributed by atoms with Crippen LogP contribution in [0.5, 0.6) is 0 Å². The van der Waals surface area contributed by atoms with Crippen LogP contribution in [0.1, 0.15) is 22.3 Å². The Morgan fingerprint density at radius 3 is 1.40 bits per heavy atom. The Hall–Kier alpha value is -7.78. The van der Waals surface area contributed by atoms with Gasteiger partial charge < -0.3 is 4.90 Å². The number of rotatable bonds is 4. The lowest BCUT2D eigenvalue weighted by Crippen LogP contribution is -2.26. The van der Waals surface area contributed by atoms with Gasteiger partial charge in [-0.15, -0.1) is 11.3 Å². The maximum absolute atomic E-state index is 2.51. The van der Waals surface area contributed by atoms with Gasteiger partial charge in [0.1, 0.15) is 0 Å². The Balaban J connectivity index is 1.03. The van der Waals surface area contributed by atoms with Crippen molar-refractivity contribution in [3.63, 3.8) is 0 Å². The molecule has 1 aromatic heterocycles. The van der Waals surface area contributed by atoms with Crippen LogP contribution in [-0.4, -0.2) is 0 Å². The summed E-state index contributed by atoms with van der Waals surface area (Å²) in [5.41, 5.74) is 15.9. The average molecular weight is 816 g/mol. The molecule has 2 aliphatic carbocycles. The van der Waals surface area contributed by atoms with E-state index in [4.69, 9.17) is 0 Å². The quantitative estimate of drug-likeness (QED) is 0.160. The van der Waals surface area contributed by atoms with Gasteiger partial charge >= 0.3 is 0 Å². The summed E-state index contributed by atoms with van der Waals surface area (Å²) < 4.78 is 2.63. The third kappa shape index (κ3) is 4.82. The normalized spacial score (nSPS) is 13.2. The fraction of sp³-hybridized carbons (Fsp3) is 0.0164. The zero-order chi connectivity index (χ0) is 41.2. The van der Waals surface area contributed by atoms with Gasteiger partial charge in [0.2, 0.25) is 0 Å². The van der Waals surface area contributed by atoms with Crippen molar-refractivity contribution in [3.05, 3.63) is 247 Å². The van der Waals surface area contributed by atoms with Crippen LogP contribution >= 0.6 is 11.3 Å². The van der Waals surface area contributed by atoms with Crippen LogP contribution in [0.2, 0.25) is 0 Å². The molecule has 2 aliphatic rings. The van der Waals surface area contributed by atoms with E-state index in [1.165, 1.54) is 108 Å². The van der Waals surface area contributed by atoms with Gasteiger partial charge in [-0.05, 0) is 136 Å². The molecule has 0 radical (unpaired) electrons. The Bertz CT molecular complexity index is 3790. The first-order chi connectivity index (χ1) is 31.2. The van der Waals surface area contributed by atoms with Crippen molar-refractivity contribution in [2.24, 2.45) is 0 Å². The molecule has 0 bridgehead atoms. The zero-order valence-corrected chi connectivity index (χ0v) is 35.0. The maximum atomic E-state index is 2.51. The molecule has 14 rings (SSSR count). The summed E-state index contributed by atoms with van der Waals surface area (Å²) in [4.78, 5) is 2.49. The van der Waals surface area contributed by atoms with Crippen LogP contribution in [0.15, 0.2) is 224 Å². The lowest BCUT2D eigenvalue weighted by Gasteiger charge is -2.32. The summed E-state index contributed by atoms with van der Waals surface area (Å²) in [5.74, 6) is 0. The van der Waals surface area contributed by atoms with Crippen molar-refractivity contribution in [3.8, 4) is 33.4 Å². The number of fused-ring (bicyclic) bond motifs is 19. The lowest BCUT2D eigenvalue weighted by molar-refractivity contribution is 0.793. The van der Waals surface area contributed by atoms with Crippen LogP contribution in [0.3, 0.4) is 0 Å². The lowest BCUT2D eigenvalue weighted by atomic mass is 9.70. The van der Waals surface area contributed by atoms with E-state index in [2.05, 4.69) is 229 Å². The number of thiophene rings is 1. The van der Waals surface area contributed by atoms with Crippen LogP contribution in [0.4, 0.5) is 17.1 Å². The smallest absolute Gasteiger partial charge is 0.0726 e. The first kappa shape index (κ1) is 34.9. The van der Waals surface area contributed by atoms with E-state index in [0.717, 1.165) is 17.1 Å². The molecular formula is C61H37NS. The standard InChI is InChI=1S/C61H37NS/c1-2-18-45-43(16-1)44-17-3-4-19-46(44)54-36-41(29-32-47(45)54)62(40-15-13-14-38(34-40)39-28-31-53-52-23-8-12-27-59(52)63-60(53)35-39)42-30-33-51-50-22-7-11-26-57(50)61(58(51)37-42)55-24-9-5-20-48(55)49-21-6-10-25-56(49)61/h1-37H. The van der Waals surface area contributed by atoms with Gasteiger partial charge in [0.05, 0.1) is 5.41 Å². The molecule has 292 valence electrons. The van der Waals surface area contributed by atoms with Gasteiger partial charge in [-0.2, -0.15) is 0 Å². The molecule has 63 heavy (non-hydrogen) atoms. The van der Waals surface area contributed by atoms with E-state index in [9.17, 15) is 0 Å². The summed E-state index contributed by atoms with van der Waals surface area (Å²) in [5, 5.41) is 10.3. The first-order valence-electron chi connectivity index (χ1n) is 21.8. The molecule has 0 atom stereocenters.